The smallest absolute Gasteiger partial charge is 0.167 e. The molecule has 0 N–H and O–H groups in total. The number of thiophene rings is 1. The van der Waals surface area contributed by atoms with E-state index in [1.807, 2.05) is 10.8 Å². The largest absolute Gasteiger partial charge is 0.294 e. The first-order valence-corrected chi connectivity index (χ1v) is 7.21. The van der Waals surface area contributed by atoms with E-state index in [1.165, 1.54) is 12.8 Å². The predicted molar refractivity (Wildman–Crippen MR) is 67.5 cm³/mol. The van der Waals surface area contributed by atoms with Crippen molar-refractivity contribution in [2.45, 2.75) is 32.6 Å². The zero-order chi connectivity index (χ0) is 10.8. The van der Waals surface area contributed by atoms with Crippen LogP contribution < -0.4 is 0 Å². The Morgan fingerprint density at radius 2 is 2.33 bits per heavy atom. The topological polar surface area (TPSA) is 17.1 Å². The summed E-state index contributed by atoms with van der Waals surface area (Å²) in [5.74, 6) is 1.40. The second-order valence-corrected chi connectivity index (χ2v) is 5.88. The van der Waals surface area contributed by atoms with Crippen LogP contribution in [0.1, 0.15) is 43.0 Å². The SMILES string of the molecule is CCC1CCC(C(=O)c2cscc2Br)C1. The van der Waals surface area contributed by atoms with Gasteiger partial charge in [0.2, 0.25) is 0 Å². The van der Waals surface area contributed by atoms with Crippen molar-refractivity contribution < 1.29 is 4.79 Å². The standard InChI is InChI=1S/C12H15BrOS/c1-2-8-3-4-9(5-8)12(14)10-6-15-7-11(10)13/h6-9H,2-5H2,1H3. The van der Waals surface area contributed by atoms with Gasteiger partial charge in [0.15, 0.2) is 5.78 Å². The molecule has 1 saturated carbocycles. The lowest BCUT2D eigenvalue weighted by Crippen LogP contribution is -2.11. The quantitative estimate of drug-likeness (QED) is 0.747. The summed E-state index contributed by atoms with van der Waals surface area (Å²) in [6.45, 7) is 2.22. The molecular weight excluding hydrogens is 272 g/mol. The zero-order valence-corrected chi connectivity index (χ0v) is 11.2. The Balaban J connectivity index is 2.07. The van der Waals surface area contributed by atoms with Gasteiger partial charge in [-0.2, -0.15) is 11.3 Å². The van der Waals surface area contributed by atoms with Gasteiger partial charge in [0, 0.05) is 26.7 Å². The van der Waals surface area contributed by atoms with Crippen molar-refractivity contribution in [3.63, 3.8) is 0 Å². The summed E-state index contributed by atoms with van der Waals surface area (Å²) in [6, 6.07) is 0. The van der Waals surface area contributed by atoms with Crippen molar-refractivity contribution in [3.05, 3.63) is 20.8 Å². The molecule has 15 heavy (non-hydrogen) atoms. The van der Waals surface area contributed by atoms with Gasteiger partial charge in [-0.1, -0.05) is 13.3 Å². The third-order valence-corrected chi connectivity index (χ3v) is 5.07. The van der Waals surface area contributed by atoms with Crippen molar-refractivity contribution in [3.8, 4) is 0 Å². The summed E-state index contributed by atoms with van der Waals surface area (Å²) in [4.78, 5) is 12.2. The van der Waals surface area contributed by atoms with Crippen LogP contribution in [0.15, 0.2) is 15.2 Å². The molecular formula is C12H15BrOS. The molecule has 0 aliphatic heterocycles. The number of Topliss-reactive ketones (excluding diaryl/α,β-unsaturated/α-hetero) is 1. The first-order valence-electron chi connectivity index (χ1n) is 5.48. The van der Waals surface area contributed by atoms with Crippen LogP contribution in [0.4, 0.5) is 0 Å². The van der Waals surface area contributed by atoms with Crippen molar-refractivity contribution >= 4 is 33.0 Å². The van der Waals surface area contributed by atoms with Crippen LogP contribution >= 0.6 is 27.3 Å². The Hall–Kier alpha value is -0.150. The molecule has 1 fully saturated rings. The highest BCUT2D eigenvalue weighted by Crippen LogP contribution is 2.36. The molecule has 0 radical (unpaired) electrons. The number of carbonyl (C=O) groups is 1. The zero-order valence-electron chi connectivity index (χ0n) is 8.83. The summed E-state index contributed by atoms with van der Waals surface area (Å²) < 4.78 is 0.970. The van der Waals surface area contributed by atoms with E-state index >= 15 is 0 Å². The highest BCUT2D eigenvalue weighted by Gasteiger charge is 2.30. The second kappa shape index (κ2) is 4.79. The maximum atomic E-state index is 12.2. The van der Waals surface area contributed by atoms with E-state index in [4.69, 9.17) is 0 Å². The number of halogens is 1. The second-order valence-electron chi connectivity index (χ2n) is 4.28. The Kier molecular flexibility index (Phi) is 3.62. The molecule has 3 heteroatoms. The first kappa shape index (κ1) is 11.3. The number of ketones is 1. The van der Waals surface area contributed by atoms with Gasteiger partial charge in [-0.25, -0.2) is 0 Å². The molecule has 1 aromatic heterocycles. The average Bonchev–Trinajstić information content (AvgIpc) is 2.84. The molecule has 1 aliphatic carbocycles. The van der Waals surface area contributed by atoms with E-state index in [-0.39, 0.29) is 5.92 Å². The summed E-state index contributed by atoms with van der Waals surface area (Å²) in [6.07, 6.45) is 4.63. The first-order chi connectivity index (χ1) is 7.22. The normalized spacial score (nSPS) is 25.7. The molecule has 0 aromatic carbocycles. The van der Waals surface area contributed by atoms with Gasteiger partial charge in [0.1, 0.15) is 0 Å². The highest BCUT2D eigenvalue weighted by molar-refractivity contribution is 9.10. The summed E-state index contributed by atoms with van der Waals surface area (Å²) in [7, 11) is 0. The van der Waals surface area contributed by atoms with E-state index < -0.39 is 0 Å². The van der Waals surface area contributed by atoms with E-state index in [9.17, 15) is 4.79 Å². The van der Waals surface area contributed by atoms with Crippen molar-refractivity contribution in [2.24, 2.45) is 11.8 Å². The fourth-order valence-corrected chi connectivity index (χ4v) is 3.84. The van der Waals surface area contributed by atoms with E-state index in [2.05, 4.69) is 22.9 Å². The van der Waals surface area contributed by atoms with E-state index in [0.29, 0.717) is 5.78 Å². The molecule has 0 bridgehead atoms. The van der Waals surface area contributed by atoms with Crippen LogP contribution in [0.5, 0.6) is 0 Å². The molecule has 2 rings (SSSR count). The molecule has 82 valence electrons. The van der Waals surface area contributed by atoms with Crippen LogP contribution in [0.2, 0.25) is 0 Å². The third-order valence-electron chi connectivity index (χ3n) is 3.37. The molecule has 1 nitrogen and oxygen atoms in total. The Morgan fingerprint density at radius 3 is 2.87 bits per heavy atom. The predicted octanol–water partition coefficient (Wildman–Crippen LogP) is 4.52. The molecule has 1 heterocycles. The number of rotatable bonds is 3. The lowest BCUT2D eigenvalue weighted by molar-refractivity contribution is 0.0919. The van der Waals surface area contributed by atoms with Crippen LogP contribution in [0.25, 0.3) is 0 Å². The summed E-state index contributed by atoms with van der Waals surface area (Å²) in [5, 5.41) is 3.95. The van der Waals surface area contributed by atoms with Crippen LogP contribution in [-0.2, 0) is 0 Å². The number of hydrogen-bond acceptors (Lipinski definition) is 2. The minimum atomic E-state index is 0.279. The molecule has 1 aromatic rings. The van der Waals surface area contributed by atoms with E-state index in [0.717, 1.165) is 28.8 Å². The van der Waals surface area contributed by atoms with Gasteiger partial charge in [0.25, 0.3) is 0 Å². The lowest BCUT2D eigenvalue weighted by atomic mass is 9.96. The Labute approximate surface area is 103 Å². The van der Waals surface area contributed by atoms with Crippen LogP contribution in [-0.4, -0.2) is 5.78 Å². The van der Waals surface area contributed by atoms with E-state index in [1.54, 1.807) is 11.3 Å². The fraction of sp³-hybridized carbons (Fsp3) is 0.583. The van der Waals surface area contributed by atoms with Gasteiger partial charge in [0.05, 0.1) is 0 Å². The van der Waals surface area contributed by atoms with Crippen LogP contribution in [0.3, 0.4) is 0 Å². The van der Waals surface area contributed by atoms with Gasteiger partial charge < -0.3 is 0 Å². The van der Waals surface area contributed by atoms with Gasteiger partial charge in [-0.3, -0.25) is 4.79 Å². The molecule has 0 saturated heterocycles. The molecule has 0 amide bonds. The number of carbonyl (C=O) groups excluding carboxylic acids is 1. The average molecular weight is 287 g/mol. The molecule has 0 spiro atoms. The molecule has 2 atom stereocenters. The van der Waals surface area contributed by atoms with Crippen molar-refractivity contribution in [2.75, 3.05) is 0 Å². The van der Waals surface area contributed by atoms with Crippen LogP contribution in [0, 0.1) is 11.8 Å². The maximum Gasteiger partial charge on any atom is 0.167 e. The van der Waals surface area contributed by atoms with Crippen molar-refractivity contribution in [1.82, 2.24) is 0 Å². The molecule has 1 aliphatic rings. The summed E-state index contributed by atoms with van der Waals surface area (Å²) in [5.41, 5.74) is 0.891. The van der Waals surface area contributed by atoms with Gasteiger partial charge in [-0.05, 0) is 41.1 Å². The van der Waals surface area contributed by atoms with Crippen molar-refractivity contribution in [1.29, 1.82) is 0 Å². The minimum Gasteiger partial charge on any atom is -0.294 e. The fourth-order valence-electron chi connectivity index (χ4n) is 2.36. The van der Waals surface area contributed by atoms with Gasteiger partial charge in [-0.15, -0.1) is 0 Å². The Morgan fingerprint density at radius 1 is 1.53 bits per heavy atom. The monoisotopic (exact) mass is 286 g/mol. The molecule has 2 unspecified atom stereocenters. The minimum absolute atomic E-state index is 0.279. The Bertz CT molecular complexity index is 358. The third kappa shape index (κ3) is 2.34. The van der Waals surface area contributed by atoms with Gasteiger partial charge >= 0.3 is 0 Å². The number of hydrogen-bond donors (Lipinski definition) is 0. The highest BCUT2D eigenvalue weighted by atomic mass is 79.9. The summed E-state index contributed by atoms with van der Waals surface area (Å²) >= 11 is 5.03. The maximum absolute atomic E-state index is 12.2. The lowest BCUT2D eigenvalue weighted by Gasteiger charge is -2.08.